The fraction of sp³-hybridized carbons (Fsp3) is 0. The first-order chi connectivity index (χ1) is 8.33. The third-order valence-electron chi connectivity index (χ3n) is 2.85. The van der Waals surface area contributed by atoms with Gasteiger partial charge in [0.25, 0.3) is 0 Å². The van der Waals surface area contributed by atoms with E-state index in [9.17, 15) is 0 Å². The van der Waals surface area contributed by atoms with E-state index in [0.717, 1.165) is 21.8 Å². The summed E-state index contributed by atoms with van der Waals surface area (Å²) >= 11 is 0. The number of rotatable bonds is 0. The van der Waals surface area contributed by atoms with Crippen molar-refractivity contribution in [1.82, 2.24) is 4.98 Å². The van der Waals surface area contributed by atoms with Crippen LogP contribution in [0.15, 0.2) is 36.4 Å². The number of aromatic nitrogens is 1. The highest BCUT2D eigenvalue weighted by molar-refractivity contribution is 6.10. The van der Waals surface area contributed by atoms with Crippen molar-refractivity contribution in [3.8, 4) is 12.1 Å². The Kier molecular flexibility index (Phi) is 1.87. The van der Waals surface area contributed by atoms with E-state index in [-0.39, 0.29) is 0 Å². The smallest absolute Gasteiger partial charge is 0.0999 e. The minimum absolute atomic E-state index is 0.501. The number of fused-ring (bicyclic) bond motifs is 3. The van der Waals surface area contributed by atoms with Crippen molar-refractivity contribution in [2.45, 2.75) is 0 Å². The summed E-state index contributed by atoms with van der Waals surface area (Å²) in [7, 11) is 0. The van der Waals surface area contributed by atoms with Crippen LogP contribution in [0.2, 0.25) is 0 Å². The first-order valence-electron chi connectivity index (χ1n) is 5.18. The number of nitriles is 2. The van der Waals surface area contributed by atoms with Gasteiger partial charge in [-0.3, -0.25) is 0 Å². The molecule has 0 fully saturated rings. The largest absolute Gasteiger partial charge is 0.354 e. The average molecular weight is 217 g/mol. The van der Waals surface area contributed by atoms with Crippen molar-refractivity contribution < 1.29 is 0 Å². The van der Waals surface area contributed by atoms with Crippen LogP contribution in [0.4, 0.5) is 0 Å². The highest BCUT2D eigenvalue weighted by Crippen LogP contribution is 2.28. The first kappa shape index (κ1) is 9.45. The topological polar surface area (TPSA) is 63.4 Å². The fourth-order valence-electron chi connectivity index (χ4n) is 2.14. The van der Waals surface area contributed by atoms with E-state index in [1.165, 1.54) is 0 Å². The van der Waals surface area contributed by atoms with Crippen molar-refractivity contribution in [2.24, 2.45) is 0 Å². The number of hydrogen-bond donors (Lipinski definition) is 1. The molecule has 0 saturated heterocycles. The van der Waals surface area contributed by atoms with Gasteiger partial charge in [0.1, 0.15) is 0 Å². The minimum Gasteiger partial charge on any atom is -0.354 e. The molecule has 3 aromatic rings. The molecule has 3 nitrogen and oxygen atoms in total. The molecule has 3 rings (SSSR count). The summed E-state index contributed by atoms with van der Waals surface area (Å²) in [6.45, 7) is 0. The van der Waals surface area contributed by atoms with Crippen molar-refractivity contribution in [3.05, 3.63) is 47.5 Å². The van der Waals surface area contributed by atoms with Crippen molar-refractivity contribution >= 4 is 21.8 Å². The summed E-state index contributed by atoms with van der Waals surface area (Å²) in [6, 6.07) is 15.4. The molecule has 2 aromatic carbocycles. The van der Waals surface area contributed by atoms with E-state index in [4.69, 9.17) is 10.5 Å². The quantitative estimate of drug-likeness (QED) is 0.629. The molecule has 0 aliphatic heterocycles. The number of para-hydroxylation sites is 1. The number of nitrogens with zero attached hydrogens (tertiary/aromatic N) is 2. The third-order valence-corrected chi connectivity index (χ3v) is 2.85. The highest BCUT2D eigenvalue weighted by atomic mass is 14.7. The molecule has 0 spiro atoms. The van der Waals surface area contributed by atoms with Crippen LogP contribution < -0.4 is 0 Å². The van der Waals surface area contributed by atoms with E-state index < -0.39 is 0 Å². The second-order valence-corrected chi connectivity index (χ2v) is 3.84. The Bertz CT molecular complexity index is 813. The molecular weight excluding hydrogens is 210 g/mol. The SMILES string of the molecule is N#Cc1cc(C#N)c2c(c1)[nH]c1ccccc12. The van der Waals surface area contributed by atoms with Gasteiger partial charge in [0.15, 0.2) is 0 Å². The van der Waals surface area contributed by atoms with Crippen LogP contribution in [0.1, 0.15) is 11.1 Å². The van der Waals surface area contributed by atoms with Gasteiger partial charge in [0, 0.05) is 21.8 Å². The van der Waals surface area contributed by atoms with E-state index in [1.807, 2.05) is 24.3 Å². The van der Waals surface area contributed by atoms with Gasteiger partial charge in [-0.2, -0.15) is 10.5 Å². The number of aromatic amines is 1. The van der Waals surface area contributed by atoms with Gasteiger partial charge >= 0.3 is 0 Å². The Labute approximate surface area is 97.5 Å². The lowest BCUT2D eigenvalue weighted by atomic mass is 10.0. The summed E-state index contributed by atoms with van der Waals surface area (Å²) in [4.78, 5) is 3.23. The van der Waals surface area contributed by atoms with Gasteiger partial charge in [-0.15, -0.1) is 0 Å². The maximum absolute atomic E-state index is 9.16. The van der Waals surface area contributed by atoms with Crippen LogP contribution in [-0.4, -0.2) is 4.98 Å². The maximum atomic E-state index is 9.16. The third kappa shape index (κ3) is 1.27. The molecule has 1 aromatic heterocycles. The van der Waals surface area contributed by atoms with Gasteiger partial charge in [-0.25, -0.2) is 0 Å². The van der Waals surface area contributed by atoms with Crippen LogP contribution in [-0.2, 0) is 0 Å². The summed E-state index contributed by atoms with van der Waals surface area (Å²) in [5.41, 5.74) is 2.85. The van der Waals surface area contributed by atoms with E-state index in [1.54, 1.807) is 12.1 Å². The van der Waals surface area contributed by atoms with Crippen LogP contribution >= 0.6 is 0 Å². The zero-order chi connectivity index (χ0) is 11.8. The standard InChI is InChI=1S/C14H7N3/c15-7-9-5-10(8-16)14-11-3-1-2-4-12(11)17-13(14)6-9/h1-6,17H. The molecule has 17 heavy (non-hydrogen) atoms. The molecule has 0 aliphatic rings. The molecule has 0 saturated carbocycles. The highest BCUT2D eigenvalue weighted by Gasteiger charge is 2.09. The second kappa shape index (κ2) is 3.37. The van der Waals surface area contributed by atoms with Crippen LogP contribution in [0.3, 0.4) is 0 Å². The van der Waals surface area contributed by atoms with E-state index in [2.05, 4.69) is 17.1 Å². The number of benzene rings is 2. The molecule has 1 heterocycles. The number of hydrogen-bond acceptors (Lipinski definition) is 2. The summed E-state index contributed by atoms with van der Waals surface area (Å²) in [5, 5.41) is 20.0. The fourth-order valence-corrected chi connectivity index (χ4v) is 2.14. The van der Waals surface area contributed by atoms with Gasteiger partial charge < -0.3 is 4.98 Å². The Hall–Kier alpha value is -2.78. The number of nitrogens with one attached hydrogen (secondary N) is 1. The van der Waals surface area contributed by atoms with Gasteiger partial charge in [-0.05, 0) is 18.2 Å². The van der Waals surface area contributed by atoms with Crippen molar-refractivity contribution in [2.75, 3.05) is 0 Å². The van der Waals surface area contributed by atoms with Crippen molar-refractivity contribution in [3.63, 3.8) is 0 Å². The summed E-state index contributed by atoms with van der Waals surface area (Å²) in [5.74, 6) is 0. The molecular formula is C14H7N3. The molecule has 0 atom stereocenters. The molecule has 0 bridgehead atoms. The predicted octanol–water partition coefficient (Wildman–Crippen LogP) is 3.06. The number of H-pyrrole nitrogens is 1. The predicted molar refractivity (Wildman–Crippen MR) is 65.2 cm³/mol. The molecule has 0 amide bonds. The Balaban J connectivity index is 2.59. The zero-order valence-corrected chi connectivity index (χ0v) is 8.86. The van der Waals surface area contributed by atoms with Gasteiger partial charge in [0.2, 0.25) is 0 Å². The molecule has 78 valence electrons. The van der Waals surface area contributed by atoms with Crippen LogP contribution in [0.25, 0.3) is 21.8 Å². The molecule has 0 aliphatic carbocycles. The normalized spacial score (nSPS) is 10.2. The monoisotopic (exact) mass is 217 g/mol. The maximum Gasteiger partial charge on any atom is 0.0999 e. The zero-order valence-electron chi connectivity index (χ0n) is 8.86. The molecule has 1 N–H and O–H groups in total. The lowest BCUT2D eigenvalue weighted by Gasteiger charge is -1.95. The molecule has 0 radical (unpaired) electrons. The van der Waals surface area contributed by atoms with Gasteiger partial charge in [-0.1, -0.05) is 18.2 Å². The summed E-state index contributed by atoms with van der Waals surface area (Å²) < 4.78 is 0. The van der Waals surface area contributed by atoms with Crippen LogP contribution in [0.5, 0.6) is 0 Å². The molecule has 0 unspecified atom stereocenters. The van der Waals surface area contributed by atoms with Crippen LogP contribution in [0, 0.1) is 22.7 Å². The lowest BCUT2D eigenvalue weighted by Crippen LogP contribution is -1.81. The first-order valence-corrected chi connectivity index (χ1v) is 5.18. The van der Waals surface area contributed by atoms with Crippen molar-refractivity contribution in [1.29, 1.82) is 10.5 Å². The summed E-state index contributed by atoms with van der Waals surface area (Å²) in [6.07, 6.45) is 0. The second-order valence-electron chi connectivity index (χ2n) is 3.84. The molecule has 3 heteroatoms. The van der Waals surface area contributed by atoms with Gasteiger partial charge in [0.05, 0.1) is 23.3 Å². The lowest BCUT2D eigenvalue weighted by molar-refractivity contribution is 1.46. The average Bonchev–Trinajstić information content (AvgIpc) is 2.75. The Morgan fingerprint density at radius 1 is 0.941 bits per heavy atom. The Morgan fingerprint density at radius 2 is 1.76 bits per heavy atom. The Morgan fingerprint density at radius 3 is 2.53 bits per heavy atom. The minimum atomic E-state index is 0.501. The van der Waals surface area contributed by atoms with E-state index >= 15 is 0 Å². The van der Waals surface area contributed by atoms with E-state index in [0.29, 0.717) is 11.1 Å².